The van der Waals surface area contributed by atoms with Crippen LogP contribution < -0.4 is 5.73 Å². The van der Waals surface area contributed by atoms with E-state index in [1.54, 1.807) is 6.20 Å². The first-order valence-corrected chi connectivity index (χ1v) is 6.18. The van der Waals surface area contributed by atoms with E-state index in [2.05, 4.69) is 15.0 Å². The molecule has 3 heterocycles. The van der Waals surface area contributed by atoms with Crippen molar-refractivity contribution in [1.29, 1.82) is 0 Å². The Balaban J connectivity index is 2.17. The highest BCUT2D eigenvalue weighted by Crippen LogP contribution is 2.21. The third-order valence-electron chi connectivity index (χ3n) is 3.09. The summed E-state index contributed by atoms with van der Waals surface area (Å²) >= 11 is 0. The van der Waals surface area contributed by atoms with Gasteiger partial charge in [-0.15, -0.1) is 0 Å². The normalized spacial score (nSPS) is 12.8. The third kappa shape index (κ3) is 1.98. The Morgan fingerprint density at radius 2 is 2.05 bits per heavy atom. The Bertz CT molecular complexity index is 730. The number of hydrogen-bond acceptors (Lipinski definition) is 4. The van der Waals surface area contributed by atoms with Gasteiger partial charge in [-0.2, -0.15) is 0 Å². The van der Waals surface area contributed by atoms with Crippen LogP contribution >= 0.6 is 0 Å². The molecule has 96 valence electrons. The number of aryl methyl sites for hydroxylation is 1. The van der Waals surface area contributed by atoms with Gasteiger partial charge in [0.1, 0.15) is 11.3 Å². The molecule has 2 N–H and O–H groups in total. The van der Waals surface area contributed by atoms with Crippen molar-refractivity contribution in [3.05, 3.63) is 48.2 Å². The molecule has 0 aliphatic heterocycles. The van der Waals surface area contributed by atoms with Crippen LogP contribution in [0.1, 0.15) is 24.4 Å². The lowest BCUT2D eigenvalue weighted by atomic mass is 10.2. The van der Waals surface area contributed by atoms with E-state index in [0.717, 1.165) is 28.4 Å². The SMILES string of the molecule is Cc1nc([C@H](C)N)cnc1-c1cnc2ccccn12. The Morgan fingerprint density at radius 1 is 1.21 bits per heavy atom. The van der Waals surface area contributed by atoms with Gasteiger partial charge in [0.05, 0.1) is 29.5 Å². The lowest BCUT2D eigenvalue weighted by molar-refractivity contribution is 0.766. The zero-order valence-electron chi connectivity index (χ0n) is 10.9. The molecule has 0 radical (unpaired) electrons. The highest BCUT2D eigenvalue weighted by molar-refractivity contribution is 5.61. The van der Waals surface area contributed by atoms with Crippen LogP contribution in [-0.4, -0.2) is 19.4 Å². The molecule has 0 amide bonds. The molecule has 0 aliphatic rings. The Kier molecular flexibility index (Phi) is 2.76. The smallest absolute Gasteiger partial charge is 0.137 e. The van der Waals surface area contributed by atoms with Crippen LogP contribution in [-0.2, 0) is 0 Å². The van der Waals surface area contributed by atoms with Crippen LogP contribution in [0.3, 0.4) is 0 Å². The molecule has 0 aliphatic carbocycles. The molecule has 0 saturated carbocycles. The Morgan fingerprint density at radius 3 is 2.79 bits per heavy atom. The van der Waals surface area contributed by atoms with Gasteiger partial charge in [-0.3, -0.25) is 14.4 Å². The average molecular weight is 253 g/mol. The van der Waals surface area contributed by atoms with Crippen molar-refractivity contribution in [3.63, 3.8) is 0 Å². The lowest BCUT2D eigenvalue weighted by Gasteiger charge is -2.08. The van der Waals surface area contributed by atoms with E-state index >= 15 is 0 Å². The molecule has 3 rings (SSSR count). The largest absolute Gasteiger partial charge is 0.323 e. The van der Waals surface area contributed by atoms with Crippen molar-refractivity contribution in [2.45, 2.75) is 19.9 Å². The summed E-state index contributed by atoms with van der Waals surface area (Å²) in [6.45, 7) is 3.84. The number of pyridine rings is 1. The fourth-order valence-corrected chi connectivity index (χ4v) is 2.08. The van der Waals surface area contributed by atoms with Gasteiger partial charge in [0, 0.05) is 12.2 Å². The summed E-state index contributed by atoms with van der Waals surface area (Å²) in [6, 6.07) is 5.78. The van der Waals surface area contributed by atoms with Gasteiger partial charge in [0.15, 0.2) is 0 Å². The van der Waals surface area contributed by atoms with Gasteiger partial charge in [-0.05, 0) is 26.0 Å². The van der Waals surface area contributed by atoms with Crippen LogP contribution in [0, 0.1) is 6.92 Å². The van der Waals surface area contributed by atoms with Crippen LogP contribution in [0.2, 0.25) is 0 Å². The third-order valence-corrected chi connectivity index (χ3v) is 3.09. The molecular formula is C14H15N5. The van der Waals surface area contributed by atoms with Gasteiger partial charge in [-0.25, -0.2) is 4.98 Å². The van der Waals surface area contributed by atoms with Crippen molar-refractivity contribution in [1.82, 2.24) is 19.4 Å². The fraction of sp³-hybridized carbons (Fsp3) is 0.214. The van der Waals surface area contributed by atoms with E-state index in [0.29, 0.717) is 0 Å². The summed E-state index contributed by atoms with van der Waals surface area (Å²) in [5.41, 5.74) is 10.2. The van der Waals surface area contributed by atoms with Gasteiger partial charge in [-0.1, -0.05) is 6.07 Å². The van der Waals surface area contributed by atoms with E-state index < -0.39 is 0 Å². The van der Waals surface area contributed by atoms with E-state index in [-0.39, 0.29) is 6.04 Å². The molecule has 0 spiro atoms. The lowest BCUT2D eigenvalue weighted by Crippen LogP contribution is -2.09. The zero-order valence-corrected chi connectivity index (χ0v) is 10.9. The molecule has 0 saturated heterocycles. The highest BCUT2D eigenvalue weighted by Gasteiger charge is 2.12. The number of nitrogens with zero attached hydrogens (tertiary/aromatic N) is 4. The zero-order chi connectivity index (χ0) is 13.4. The van der Waals surface area contributed by atoms with E-state index in [9.17, 15) is 0 Å². The Labute approximate surface area is 111 Å². The second kappa shape index (κ2) is 4.44. The second-order valence-electron chi connectivity index (χ2n) is 4.59. The highest BCUT2D eigenvalue weighted by atomic mass is 15.0. The molecule has 0 fully saturated rings. The van der Waals surface area contributed by atoms with Gasteiger partial charge >= 0.3 is 0 Å². The van der Waals surface area contributed by atoms with Gasteiger partial charge < -0.3 is 5.73 Å². The monoisotopic (exact) mass is 253 g/mol. The molecule has 0 unspecified atom stereocenters. The van der Waals surface area contributed by atoms with Crippen molar-refractivity contribution in [3.8, 4) is 11.4 Å². The molecule has 3 aromatic heterocycles. The fourth-order valence-electron chi connectivity index (χ4n) is 2.08. The summed E-state index contributed by atoms with van der Waals surface area (Å²) in [5.74, 6) is 0. The average Bonchev–Trinajstić information content (AvgIpc) is 2.82. The van der Waals surface area contributed by atoms with Crippen molar-refractivity contribution in [2.75, 3.05) is 0 Å². The van der Waals surface area contributed by atoms with Gasteiger partial charge in [0.25, 0.3) is 0 Å². The molecule has 0 aromatic carbocycles. The van der Waals surface area contributed by atoms with Gasteiger partial charge in [0.2, 0.25) is 0 Å². The predicted molar refractivity (Wildman–Crippen MR) is 73.6 cm³/mol. The second-order valence-corrected chi connectivity index (χ2v) is 4.59. The number of rotatable bonds is 2. The predicted octanol–water partition coefficient (Wildman–Crippen LogP) is 2.12. The van der Waals surface area contributed by atoms with Crippen LogP contribution in [0.15, 0.2) is 36.8 Å². The van der Waals surface area contributed by atoms with E-state index in [1.807, 2.05) is 48.8 Å². The van der Waals surface area contributed by atoms with E-state index in [1.165, 1.54) is 0 Å². The Hall–Kier alpha value is -2.27. The van der Waals surface area contributed by atoms with Crippen molar-refractivity contribution < 1.29 is 0 Å². The summed E-state index contributed by atoms with van der Waals surface area (Å²) in [7, 11) is 0. The molecule has 5 heteroatoms. The first-order valence-electron chi connectivity index (χ1n) is 6.18. The first-order chi connectivity index (χ1) is 9.16. The van der Waals surface area contributed by atoms with Crippen LogP contribution in [0.4, 0.5) is 0 Å². The molecule has 1 atom stereocenters. The topological polar surface area (TPSA) is 69.1 Å². The van der Waals surface area contributed by atoms with E-state index in [4.69, 9.17) is 5.73 Å². The number of hydrogen-bond donors (Lipinski definition) is 1. The summed E-state index contributed by atoms with van der Waals surface area (Å²) in [4.78, 5) is 13.4. The first kappa shape index (κ1) is 11.8. The molecular weight excluding hydrogens is 238 g/mol. The number of aromatic nitrogens is 4. The van der Waals surface area contributed by atoms with Crippen LogP contribution in [0.5, 0.6) is 0 Å². The summed E-state index contributed by atoms with van der Waals surface area (Å²) < 4.78 is 2.00. The minimum atomic E-state index is -0.109. The standard InChI is InChI=1S/C14H15N5/c1-9(15)11-7-17-14(10(2)18-11)12-8-16-13-5-3-4-6-19(12)13/h3-9H,15H2,1-2H3/t9-/m0/s1. The number of nitrogens with two attached hydrogens (primary N) is 1. The number of imidazole rings is 1. The van der Waals surface area contributed by atoms with Crippen LogP contribution in [0.25, 0.3) is 17.0 Å². The summed E-state index contributed by atoms with van der Waals surface area (Å²) in [6.07, 6.45) is 5.52. The molecule has 3 aromatic rings. The molecule has 0 bridgehead atoms. The minimum absolute atomic E-state index is 0.109. The van der Waals surface area contributed by atoms with Crippen molar-refractivity contribution in [2.24, 2.45) is 5.73 Å². The van der Waals surface area contributed by atoms with Crippen molar-refractivity contribution >= 4 is 5.65 Å². The summed E-state index contributed by atoms with van der Waals surface area (Å²) in [5, 5.41) is 0. The molecule has 5 nitrogen and oxygen atoms in total. The quantitative estimate of drug-likeness (QED) is 0.759. The maximum absolute atomic E-state index is 5.82. The minimum Gasteiger partial charge on any atom is -0.323 e. The molecule has 19 heavy (non-hydrogen) atoms. The maximum atomic E-state index is 5.82. The number of fused-ring (bicyclic) bond motifs is 1. The maximum Gasteiger partial charge on any atom is 0.137 e.